The van der Waals surface area contributed by atoms with Crippen LogP contribution in [0.2, 0.25) is 0 Å². The van der Waals surface area contributed by atoms with Crippen LogP contribution < -0.4 is 36.0 Å². The third-order valence-electron chi connectivity index (χ3n) is 27.3. The maximum atomic E-state index is 12.3. The van der Waals surface area contributed by atoms with Crippen LogP contribution in [-0.2, 0) is 16.2 Å². The molecule has 23 aromatic rings. The second kappa shape index (κ2) is 32.2. The van der Waals surface area contributed by atoms with E-state index in [1.165, 1.54) is 9.13 Å². The Morgan fingerprint density at radius 1 is 0.248 bits per heavy atom. The van der Waals surface area contributed by atoms with E-state index in [1.54, 1.807) is 9.80 Å². The molecule has 0 radical (unpaired) electrons. The van der Waals surface area contributed by atoms with Crippen LogP contribution >= 0.6 is 0 Å². The van der Waals surface area contributed by atoms with Gasteiger partial charge in [-0.15, -0.1) is 0 Å². The van der Waals surface area contributed by atoms with Crippen molar-refractivity contribution >= 4 is 178 Å². The van der Waals surface area contributed by atoms with Gasteiger partial charge in [0.2, 0.25) is 0 Å². The average Bonchev–Trinajstić information content (AvgIpc) is 1.55. The Morgan fingerprint density at radius 2 is 0.555 bits per heavy atom. The fourth-order valence-corrected chi connectivity index (χ4v) is 20.7. The first kappa shape index (κ1) is 63.6. The molecule has 137 heavy (non-hydrogen) atoms. The fourth-order valence-electron chi connectivity index (χ4n) is 20.7. The lowest BCUT2D eigenvalue weighted by Crippen LogP contribution is -2.61. The molecule has 25 rings (SSSR count). The number of anilines is 12. The summed E-state index contributed by atoms with van der Waals surface area (Å²) in [4.78, 5) is 7.38. The SMILES string of the molecule is [2H]c1c([2H])c(-n2c3c([2H])c([2H])c([2H])c([2H])c3c3c([2H])c(N(c4ccccc4)c4cc5ccccc5c5ccccc45)c([2H])c([2H])c32)c([2H])c2c1B1c3c(cc(C(C)(C)C)cc3N(c3c(-c4ccccc4)cc(C(C)(C)C)cc3-c3ccccc3)c3c([2H])c(-n4c5c([2H])c([2H])c([2H])c([2H])c5c5c([2H])c(N(c6ccccc6)c6cc7ccccc7c7ccccc67)c([2H])c([2H])c54)c([2H])c([2H])c31)N2c1c(-c2ccccc2)cc(C(C)(C)C)cc1-c1ccccc1. The summed E-state index contributed by atoms with van der Waals surface area (Å²) in [6.07, 6.45) is 0. The number of nitrogens with zero attached hydrogens (tertiary/aromatic N) is 6. The van der Waals surface area contributed by atoms with Gasteiger partial charge in [0.15, 0.2) is 0 Å². The topological polar surface area (TPSA) is 22.8 Å². The minimum atomic E-state index is -1.69. The number of benzene rings is 21. The lowest BCUT2D eigenvalue weighted by Gasteiger charge is -2.47. The third kappa shape index (κ3) is 13.7. The number of rotatable bonds is 14. The maximum absolute atomic E-state index is 12.3. The van der Waals surface area contributed by atoms with E-state index in [0.29, 0.717) is 112 Å². The average molecular weight is 1780 g/mol. The number of aromatic nitrogens is 2. The Labute approximate surface area is 829 Å². The van der Waals surface area contributed by atoms with Gasteiger partial charge in [-0.05, 0) is 249 Å². The lowest BCUT2D eigenvalue weighted by molar-refractivity contribution is 0.590. The molecule has 0 bridgehead atoms. The molecule has 0 saturated carbocycles. The predicted octanol–water partition coefficient (Wildman–Crippen LogP) is 34.1. The van der Waals surface area contributed by atoms with Crippen molar-refractivity contribution < 1.29 is 27.4 Å². The van der Waals surface area contributed by atoms with Crippen LogP contribution in [0.1, 0.15) is 106 Å². The number of para-hydroxylation sites is 4. The van der Waals surface area contributed by atoms with Crippen molar-refractivity contribution in [2.75, 3.05) is 19.6 Å². The van der Waals surface area contributed by atoms with Gasteiger partial charge >= 0.3 is 0 Å². The van der Waals surface area contributed by atoms with Crippen molar-refractivity contribution in [3.8, 4) is 55.9 Å². The van der Waals surface area contributed by atoms with Crippen LogP contribution in [0.5, 0.6) is 0 Å². The van der Waals surface area contributed by atoms with Crippen LogP contribution in [0.15, 0.2) is 448 Å². The zero-order valence-electron chi connectivity index (χ0n) is 96.9. The Bertz CT molecular complexity index is 9410. The highest BCUT2D eigenvalue weighted by Gasteiger charge is 2.47. The van der Waals surface area contributed by atoms with Gasteiger partial charge in [0.1, 0.15) is 0 Å². The van der Waals surface area contributed by atoms with E-state index in [9.17, 15) is 27.4 Å². The normalized spacial score (nSPS) is 14.7. The summed E-state index contributed by atoms with van der Waals surface area (Å²) >= 11 is 0. The molecule has 4 heterocycles. The standard InChI is InChI=1S/C130H101BN6/c1-128(2,3)90-74-107(84-40-16-10-17-41-84)126(108(75-90)85-42-18-11-19-43-85)136-121-82-97(134-115-62-38-36-60-105(115)111-80-95(66-70-117(111)134)132(93-50-24-14-25-51-93)119-72-88-48-28-30-54-99(88)101-56-32-34-58-103(101)119)64-68-113(121)131-114-69-65-98(135-116-63-39-37-61-106(116)112-81-96(67-71-118(112)135)133(94-52-26-15-27-53-94)120-73-89-49-29-31-55-100(89)102-57-33-35-59-104(102)120)83-122(114)137(124-79-92(130(7,8)9)78-123(136)125(124)131)127-109(86-44-20-12-21-45-86)76-91(129(4,5)6)77-110(127)87-46-22-13-23-47-87/h10-83H,1-9H3/i36D,37D,38D,39D,60D,61D,62D,63D,64D,65D,66D,67D,68D,69D,70D,71D,80D,81D,82D,83D. The van der Waals surface area contributed by atoms with E-state index >= 15 is 0 Å². The smallest absolute Gasteiger partial charge is 0.252 e. The highest BCUT2D eigenvalue weighted by molar-refractivity contribution is 7.00. The third-order valence-corrected chi connectivity index (χ3v) is 27.3. The van der Waals surface area contributed by atoms with E-state index in [-0.39, 0.29) is 66.3 Å². The molecule has 2 aliphatic rings. The molecule has 6 nitrogen and oxygen atoms in total. The summed E-state index contributed by atoms with van der Waals surface area (Å²) < 4.78 is 222. The Kier molecular flexibility index (Phi) is 14.9. The molecule has 0 saturated heterocycles. The summed E-state index contributed by atoms with van der Waals surface area (Å²) in [6, 6.07) is 92.1. The maximum Gasteiger partial charge on any atom is 0.252 e. The second-order valence-corrected chi connectivity index (χ2v) is 38.7. The zero-order chi connectivity index (χ0) is 110. The van der Waals surface area contributed by atoms with Gasteiger partial charge in [-0.1, -0.05) is 365 Å². The molecule has 2 aliphatic heterocycles. The highest BCUT2D eigenvalue weighted by atomic mass is 15.2. The molecule has 654 valence electrons. The summed E-state index contributed by atoms with van der Waals surface area (Å²) in [7, 11) is 0. The van der Waals surface area contributed by atoms with Crippen molar-refractivity contribution in [1.82, 2.24) is 9.13 Å². The molecule has 0 aliphatic carbocycles. The van der Waals surface area contributed by atoms with Crippen LogP contribution in [0.3, 0.4) is 0 Å². The monoisotopic (exact) mass is 1780 g/mol. The van der Waals surface area contributed by atoms with Gasteiger partial charge in [0.05, 0.1) is 72.2 Å². The molecular formula is C130H101BN6. The van der Waals surface area contributed by atoms with Crippen LogP contribution in [0.4, 0.5) is 68.2 Å². The molecule has 0 spiro atoms. The van der Waals surface area contributed by atoms with Gasteiger partial charge in [0.25, 0.3) is 6.71 Å². The van der Waals surface area contributed by atoms with Gasteiger partial charge in [-0.2, -0.15) is 0 Å². The molecule has 0 amide bonds. The van der Waals surface area contributed by atoms with Gasteiger partial charge in [-0.25, -0.2) is 0 Å². The van der Waals surface area contributed by atoms with Crippen molar-refractivity contribution in [1.29, 1.82) is 0 Å². The lowest BCUT2D eigenvalue weighted by atomic mass is 9.33. The van der Waals surface area contributed by atoms with E-state index in [2.05, 4.69) is 86.6 Å². The van der Waals surface area contributed by atoms with Crippen molar-refractivity contribution in [2.45, 2.75) is 78.6 Å². The van der Waals surface area contributed by atoms with Crippen molar-refractivity contribution in [3.05, 3.63) is 465 Å². The molecule has 7 heteroatoms. The highest BCUT2D eigenvalue weighted by Crippen LogP contribution is 2.58. The van der Waals surface area contributed by atoms with Crippen molar-refractivity contribution in [3.63, 3.8) is 0 Å². The predicted molar refractivity (Wildman–Crippen MR) is 586 cm³/mol. The van der Waals surface area contributed by atoms with Gasteiger partial charge < -0.3 is 28.7 Å². The summed E-state index contributed by atoms with van der Waals surface area (Å²) in [5, 5.41) is 5.44. The molecule has 0 fully saturated rings. The van der Waals surface area contributed by atoms with Crippen molar-refractivity contribution in [2.24, 2.45) is 0 Å². The summed E-state index contributed by atoms with van der Waals surface area (Å²) in [5.74, 6) is 0. The van der Waals surface area contributed by atoms with Crippen LogP contribution in [0, 0.1) is 0 Å². The first-order valence-electron chi connectivity index (χ1n) is 56.5. The Morgan fingerprint density at radius 3 is 0.912 bits per heavy atom. The van der Waals surface area contributed by atoms with Gasteiger partial charge in [-0.3, -0.25) is 0 Å². The molecule has 0 atom stereocenters. The molecule has 21 aromatic carbocycles. The zero-order valence-corrected chi connectivity index (χ0v) is 76.9. The first-order chi connectivity index (χ1) is 75.3. The number of fused-ring (bicyclic) bond motifs is 16. The molecule has 0 N–H and O–H groups in total. The largest absolute Gasteiger partial charge is 0.310 e. The van der Waals surface area contributed by atoms with Crippen LogP contribution in [0.25, 0.3) is 143 Å². The summed E-state index contributed by atoms with van der Waals surface area (Å²) in [6.45, 7) is 17.2. The number of hydrogen-bond acceptors (Lipinski definition) is 4. The Hall–Kier alpha value is -16.5. The first-order valence-corrected chi connectivity index (χ1v) is 46.5. The molecule has 2 aromatic heterocycles. The number of hydrogen-bond donors (Lipinski definition) is 0. The van der Waals surface area contributed by atoms with E-state index in [0.717, 1.165) is 43.4 Å². The molecular weight excluding hydrogens is 1660 g/mol. The van der Waals surface area contributed by atoms with E-state index < -0.39 is 166 Å². The quantitative estimate of drug-likeness (QED) is 0.0799. The Balaban J connectivity index is 0.878. The molecule has 0 unspecified atom stereocenters. The summed E-state index contributed by atoms with van der Waals surface area (Å²) in [5.41, 5.74) is 5.70. The minimum Gasteiger partial charge on any atom is -0.310 e. The van der Waals surface area contributed by atoms with Crippen LogP contribution in [-0.4, -0.2) is 15.8 Å². The minimum absolute atomic E-state index is 0.143. The fraction of sp³-hybridized carbons (Fsp3) is 0.0923. The van der Waals surface area contributed by atoms with Gasteiger partial charge in [0, 0.05) is 111 Å². The second-order valence-electron chi connectivity index (χ2n) is 38.7. The van der Waals surface area contributed by atoms with E-state index in [1.807, 2.05) is 313 Å². The van der Waals surface area contributed by atoms with E-state index in [4.69, 9.17) is 0 Å².